The first-order valence-corrected chi connectivity index (χ1v) is 10.6. The van der Waals surface area contributed by atoms with E-state index in [1.165, 1.54) is 0 Å². The molecule has 1 aromatic heterocycles. The number of aromatic nitrogens is 1. The zero-order valence-electron chi connectivity index (χ0n) is 17.8. The van der Waals surface area contributed by atoms with Crippen LogP contribution in [0.5, 0.6) is 11.5 Å². The predicted molar refractivity (Wildman–Crippen MR) is 122 cm³/mol. The van der Waals surface area contributed by atoms with E-state index in [0.717, 1.165) is 0 Å². The largest absolute Gasteiger partial charge is 0.492 e. The Morgan fingerprint density at radius 1 is 1.09 bits per heavy atom. The number of fused-ring (bicyclic) bond motifs is 1. The Labute approximate surface area is 194 Å². The van der Waals surface area contributed by atoms with E-state index in [-0.39, 0.29) is 12.3 Å². The third-order valence-corrected chi connectivity index (χ3v) is 5.52. The third-order valence-electron chi connectivity index (χ3n) is 5.04. The number of nitrogens with one attached hydrogen (secondary N) is 2. The molecule has 1 heterocycles. The fourth-order valence-corrected chi connectivity index (χ4v) is 3.67. The Balaban J connectivity index is 1.73. The van der Waals surface area contributed by atoms with E-state index in [4.69, 9.17) is 21.1 Å². The summed E-state index contributed by atoms with van der Waals surface area (Å²) in [7, 11) is 0. The maximum atomic E-state index is 11.7. The number of hydrogen-bond donors (Lipinski definition) is 5. The summed E-state index contributed by atoms with van der Waals surface area (Å²) < 4.78 is 11.4. The number of rotatable bonds is 12. The average molecular weight is 477 g/mol. The molecule has 2 atom stereocenters. The number of H-pyrrole nitrogens is 1. The molecule has 0 amide bonds. The molecule has 0 aliphatic carbocycles. The van der Waals surface area contributed by atoms with E-state index in [1.807, 2.05) is 18.2 Å². The van der Waals surface area contributed by atoms with Crippen LogP contribution in [0.2, 0.25) is 5.02 Å². The van der Waals surface area contributed by atoms with Crippen molar-refractivity contribution in [3.8, 4) is 11.5 Å². The highest BCUT2D eigenvalue weighted by atomic mass is 35.5. The van der Waals surface area contributed by atoms with Gasteiger partial charge in [0.1, 0.15) is 30.3 Å². The Morgan fingerprint density at radius 2 is 1.79 bits per heavy atom. The summed E-state index contributed by atoms with van der Waals surface area (Å²) in [5.41, 5.74) is 1.31. The van der Waals surface area contributed by atoms with Crippen molar-refractivity contribution in [1.29, 1.82) is 0 Å². The first-order valence-electron chi connectivity index (χ1n) is 10.2. The van der Waals surface area contributed by atoms with Crippen molar-refractivity contribution in [2.24, 2.45) is 5.92 Å². The van der Waals surface area contributed by atoms with Crippen LogP contribution in [0, 0.1) is 12.8 Å². The van der Waals surface area contributed by atoms with Crippen LogP contribution >= 0.6 is 11.6 Å². The van der Waals surface area contributed by atoms with E-state index < -0.39 is 30.1 Å². The number of carbonyl (C=O) groups is 2. The topological polar surface area (TPSA) is 141 Å². The number of aliphatic carboxylic acids is 2. The van der Waals surface area contributed by atoms with Crippen molar-refractivity contribution in [1.82, 2.24) is 10.3 Å². The zero-order chi connectivity index (χ0) is 24.0. The van der Waals surface area contributed by atoms with Crippen LogP contribution in [-0.2, 0) is 9.59 Å². The van der Waals surface area contributed by atoms with Gasteiger partial charge in [-0.3, -0.25) is 9.59 Å². The number of benzene rings is 2. The number of aryl methyl sites for hydroxylation is 1. The molecule has 9 nitrogen and oxygen atoms in total. The van der Waals surface area contributed by atoms with E-state index in [9.17, 15) is 24.9 Å². The molecule has 0 saturated carbocycles. The van der Waals surface area contributed by atoms with Gasteiger partial charge in [0.25, 0.3) is 0 Å². The number of para-hydroxylation sites is 1. The second-order valence-electron chi connectivity index (χ2n) is 7.41. The average Bonchev–Trinajstić information content (AvgIpc) is 3.07. The summed E-state index contributed by atoms with van der Waals surface area (Å²) in [4.78, 5) is 26.5. The van der Waals surface area contributed by atoms with Gasteiger partial charge in [-0.15, -0.1) is 0 Å². The van der Waals surface area contributed by atoms with E-state index in [2.05, 4.69) is 10.3 Å². The van der Waals surface area contributed by atoms with Crippen LogP contribution in [0.1, 0.15) is 5.69 Å². The van der Waals surface area contributed by atoms with Crippen molar-refractivity contribution in [2.75, 3.05) is 19.7 Å². The normalized spacial score (nSPS) is 13.1. The first-order chi connectivity index (χ1) is 15.8. The summed E-state index contributed by atoms with van der Waals surface area (Å²) in [5.74, 6) is -4.39. The molecule has 5 N–H and O–H groups in total. The Bertz CT molecular complexity index is 1090. The molecule has 0 spiro atoms. The zero-order valence-corrected chi connectivity index (χ0v) is 18.6. The number of aliphatic hydroxyl groups excluding tert-OH is 1. The lowest BCUT2D eigenvalue weighted by atomic mass is 9.97. The van der Waals surface area contributed by atoms with Crippen molar-refractivity contribution in [2.45, 2.75) is 19.1 Å². The van der Waals surface area contributed by atoms with Gasteiger partial charge in [0.15, 0.2) is 5.92 Å². The second-order valence-corrected chi connectivity index (χ2v) is 7.79. The standard InChI is InChI=1S/C23H25ClN2O7/c1-13-20(24)18-15(26-13)8-5-9-17(18)33-21(19(22(28)29)23(30)31)16(27)12-25-10-11-32-14-6-3-2-4-7-14/h2-9,16,19,21,25-27H,10-12H2,1H3,(H,28,29)(H,30,31). The molecular formula is C23H25ClN2O7. The first kappa shape index (κ1) is 24.4. The minimum atomic E-state index is -2.00. The lowest BCUT2D eigenvalue weighted by molar-refractivity contribution is -0.162. The lowest BCUT2D eigenvalue weighted by Gasteiger charge is -2.27. The molecule has 0 bridgehead atoms. The van der Waals surface area contributed by atoms with Gasteiger partial charge in [0, 0.05) is 18.8 Å². The SMILES string of the molecule is Cc1[nH]c2cccc(OC(C(O)CNCCOc3ccccc3)C(C(=O)O)C(=O)O)c2c1Cl. The summed E-state index contributed by atoms with van der Waals surface area (Å²) in [6, 6.07) is 14.1. The fraction of sp³-hybridized carbons (Fsp3) is 0.304. The van der Waals surface area contributed by atoms with Crippen molar-refractivity contribution in [3.63, 3.8) is 0 Å². The van der Waals surface area contributed by atoms with Crippen LogP contribution in [0.15, 0.2) is 48.5 Å². The molecule has 176 valence electrons. The third kappa shape index (κ3) is 5.95. The van der Waals surface area contributed by atoms with Gasteiger partial charge in [0.05, 0.1) is 15.9 Å². The van der Waals surface area contributed by atoms with E-state index >= 15 is 0 Å². The lowest BCUT2D eigenvalue weighted by Crippen LogP contribution is -2.50. The molecule has 0 fully saturated rings. The van der Waals surface area contributed by atoms with Crippen LogP contribution in [0.3, 0.4) is 0 Å². The monoisotopic (exact) mass is 476 g/mol. The summed E-state index contributed by atoms with van der Waals surface area (Å²) in [5, 5.41) is 33.5. The maximum absolute atomic E-state index is 11.7. The quantitative estimate of drug-likeness (QED) is 0.198. The van der Waals surface area contributed by atoms with Gasteiger partial charge in [-0.2, -0.15) is 0 Å². The number of carboxylic acids is 2. The number of carboxylic acid groups (broad SMARTS) is 2. The molecule has 33 heavy (non-hydrogen) atoms. The number of ether oxygens (including phenoxy) is 2. The predicted octanol–water partition coefficient (Wildman–Crippen LogP) is 2.69. The molecule has 0 aliphatic heterocycles. The van der Waals surface area contributed by atoms with Crippen molar-refractivity contribution >= 4 is 34.4 Å². The summed E-state index contributed by atoms with van der Waals surface area (Å²) in [6.07, 6.45) is -3.03. The molecule has 2 aromatic carbocycles. The second kappa shape index (κ2) is 11.0. The van der Waals surface area contributed by atoms with E-state index in [0.29, 0.717) is 40.5 Å². The molecule has 2 unspecified atom stereocenters. The number of aromatic amines is 1. The van der Waals surface area contributed by atoms with Crippen molar-refractivity contribution in [3.05, 3.63) is 59.2 Å². The minimum absolute atomic E-state index is 0.115. The van der Waals surface area contributed by atoms with Gasteiger partial charge < -0.3 is 35.1 Å². The number of aliphatic hydroxyl groups is 1. The fourth-order valence-electron chi connectivity index (χ4n) is 3.43. The van der Waals surface area contributed by atoms with Gasteiger partial charge in [0.2, 0.25) is 0 Å². The Morgan fingerprint density at radius 3 is 2.45 bits per heavy atom. The van der Waals surface area contributed by atoms with Crippen molar-refractivity contribution < 1.29 is 34.4 Å². The van der Waals surface area contributed by atoms with Crippen LogP contribution < -0.4 is 14.8 Å². The highest BCUT2D eigenvalue weighted by Crippen LogP contribution is 2.35. The van der Waals surface area contributed by atoms with Gasteiger partial charge in [-0.1, -0.05) is 35.9 Å². The molecule has 3 rings (SSSR count). The Hall–Kier alpha value is -3.27. The maximum Gasteiger partial charge on any atom is 0.321 e. The van der Waals surface area contributed by atoms with Crippen LogP contribution in [0.4, 0.5) is 0 Å². The summed E-state index contributed by atoms with van der Waals surface area (Å²) >= 11 is 6.35. The minimum Gasteiger partial charge on any atom is -0.492 e. The highest BCUT2D eigenvalue weighted by Gasteiger charge is 2.41. The Kier molecular flexibility index (Phi) is 8.16. The van der Waals surface area contributed by atoms with Crippen LogP contribution in [0.25, 0.3) is 10.9 Å². The van der Waals surface area contributed by atoms with Gasteiger partial charge in [-0.25, -0.2) is 0 Å². The van der Waals surface area contributed by atoms with E-state index in [1.54, 1.807) is 37.3 Å². The molecule has 10 heteroatoms. The molecule has 0 aliphatic rings. The number of halogens is 1. The van der Waals surface area contributed by atoms with Crippen LogP contribution in [-0.4, -0.2) is 64.1 Å². The number of hydrogen-bond acceptors (Lipinski definition) is 6. The molecule has 0 saturated heterocycles. The molecule has 0 radical (unpaired) electrons. The highest BCUT2D eigenvalue weighted by molar-refractivity contribution is 6.37. The molecular weight excluding hydrogens is 452 g/mol. The summed E-state index contributed by atoms with van der Waals surface area (Å²) in [6.45, 7) is 2.27. The smallest absolute Gasteiger partial charge is 0.321 e. The molecule has 3 aromatic rings. The van der Waals surface area contributed by atoms with Gasteiger partial charge in [-0.05, 0) is 31.2 Å². The van der Waals surface area contributed by atoms with Gasteiger partial charge >= 0.3 is 11.9 Å².